The van der Waals surface area contributed by atoms with Gasteiger partial charge in [0.25, 0.3) is 5.91 Å². The molecule has 4 nitrogen and oxygen atoms in total. The number of amides is 2. The van der Waals surface area contributed by atoms with E-state index in [2.05, 4.69) is 10.6 Å². The highest BCUT2D eigenvalue weighted by molar-refractivity contribution is 6.30. The second-order valence-electron chi connectivity index (χ2n) is 6.46. The van der Waals surface area contributed by atoms with Crippen LogP contribution in [-0.2, 0) is 17.4 Å². The highest BCUT2D eigenvalue weighted by Gasteiger charge is 2.30. The van der Waals surface area contributed by atoms with Crippen molar-refractivity contribution in [2.24, 2.45) is 0 Å². The van der Waals surface area contributed by atoms with Gasteiger partial charge in [-0.05, 0) is 54.1 Å². The molecule has 0 radical (unpaired) electrons. The molecule has 8 heteroatoms. The maximum Gasteiger partial charge on any atom is 0.416 e. The number of anilines is 2. The first-order valence-electron chi connectivity index (χ1n) is 8.84. The van der Waals surface area contributed by atoms with Gasteiger partial charge in [0.2, 0.25) is 5.91 Å². The van der Waals surface area contributed by atoms with Gasteiger partial charge in [0.1, 0.15) is 0 Å². The molecule has 154 valence electrons. The Kier molecular flexibility index (Phi) is 6.42. The summed E-state index contributed by atoms with van der Waals surface area (Å²) >= 11 is 5.82. The van der Waals surface area contributed by atoms with Gasteiger partial charge in [-0.15, -0.1) is 0 Å². The summed E-state index contributed by atoms with van der Waals surface area (Å²) in [4.78, 5) is 24.6. The molecule has 30 heavy (non-hydrogen) atoms. The van der Waals surface area contributed by atoms with Gasteiger partial charge in [0.15, 0.2) is 0 Å². The summed E-state index contributed by atoms with van der Waals surface area (Å²) in [6.45, 7) is 0. The van der Waals surface area contributed by atoms with Crippen LogP contribution >= 0.6 is 11.6 Å². The highest BCUT2D eigenvalue weighted by atomic mass is 35.5. The van der Waals surface area contributed by atoms with Crippen LogP contribution in [-0.4, -0.2) is 11.8 Å². The van der Waals surface area contributed by atoms with Gasteiger partial charge in [-0.25, -0.2) is 0 Å². The van der Waals surface area contributed by atoms with E-state index >= 15 is 0 Å². The number of benzene rings is 3. The largest absolute Gasteiger partial charge is 0.416 e. The zero-order valence-electron chi connectivity index (χ0n) is 15.5. The molecule has 0 unspecified atom stereocenters. The van der Waals surface area contributed by atoms with Crippen molar-refractivity contribution in [2.45, 2.75) is 12.6 Å². The van der Waals surface area contributed by atoms with Crippen molar-refractivity contribution in [3.8, 4) is 0 Å². The number of carbonyl (C=O) groups excluding carboxylic acids is 2. The molecule has 0 bridgehead atoms. The van der Waals surface area contributed by atoms with E-state index in [0.717, 1.165) is 17.7 Å². The Bertz CT molecular complexity index is 1070. The predicted molar refractivity (Wildman–Crippen MR) is 110 cm³/mol. The standard InChI is InChI=1S/C22H16ClF3N2O2/c23-17-9-7-14(8-10-17)11-20(29)27-18-5-1-3-15(12-18)21(30)28-19-6-2-4-16(13-19)22(24,25)26/h1-10,12-13H,11H2,(H,27,29)(H,28,30). The first-order chi connectivity index (χ1) is 14.2. The molecule has 0 aromatic heterocycles. The van der Waals surface area contributed by atoms with Crippen LogP contribution in [0.5, 0.6) is 0 Å². The lowest BCUT2D eigenvalue weighted by atomic mass is 10.1. The molecule has 0 saturated heterocycles. The van der Waals surface area contributed by atoms with E-state index in [0.29, 0.717) is 10.7 Å². The molecule has 3 rings (SSSR count). The van der Waals surface area contributed by atoms with E-state index in [1.165, 1.54) is 24.3 Å². The molecule has 3 aromatic carbocycles. The fraction of sp³-hybridized carbons (Fsp3) is 0.0909. The van der Waals surface area contributed by atoms with Crippen molar-refractivity contribution in [1.29, 1.82) is 0 Å². The maximum atomic E-state index is 12.8. The second-order valence-corrected chi connectivity index (χ2v) is 6.90. The van der Waals surface area contributed by atoms with Gasteiger partial charge < -0.3 is 10.6 Å². The molecule has 0 fully saturated rings. The molecule has 2 amide bonds. The third-order valence-corrected chi connectivity index (χ3v) is 4.39. The van der Waals surface area contributed by atoms with Crippen molar-refractivity contribution >= 4 is 34.8 Å². The summed E-state index contributed by atoms with van der Waals surface area (Å²) in [7, 11) is 0. The normalized spacial score (nSPS) is 11.1. The van der Waals surface area contributed by atoms with E-state index in [1.807, 2.05) is 0 Å². The number of hydrogen-bond acceptors (Lipinski definition) is 2. The number of hydrogen-bond donors (Lipinski definition) is 2. The van der Waals surface area contributed by atoms with Crippen molar-refractivity contribution < 1.29 is 22.8 Å². The van der Waals surface area contributed by atoms with E-state index in [4.69, 9.17) is 11.6 Å². The number of nitrogens with one attached hydrogen (secondary N) is 2. The number of halogens is 4. The van der Waals surface area contributed by atoms with E-state index in [1.54, 1.807) is 36.4 Å². The van der Waals surface area contributed by atoms with E-state index < -0.39 is 17.6 Å². The van der Waals surface area contributed by atoms with Crippen LogP contribution in [0.25, 0.3) is 0 Å². The Hall–Kier alpha value is -3.32. The molecular weight excluding hydrogens is 417 g/mol. The Morgan fingerprint density at radius 1 is 0.833 bits per heavy atom. The SMILES string of the molecule is O=C(Cc1ccc(Cl)cc1)Nc1cccc(C(=O)Nc2cccc(C(F)(F)F)c2)c1. The van der Waals surface area contributed by atoms with Crippen molar-refractivity contribution in [3.05, 3.63) is 94.5 Å². The van der Waals surface area contributed by atoms with Gasteiger partial charge in [-0.3, -0.25) is 9.59 Å². The second kappa shape index (κ2) is 9.00. The van der Waals surface area contributed by atoms with Crippen molar-refractivity contribution in [2.75, 3.05) is 10.6 Å². The molecule has 0 spiro atoms. The van der Waals surface area contributed by atoms with Crippen LogP contribution in [0, 0.1) is 0 Å². The summed E-state index contributed by atoms with van der Waals surface area (Å²) in [5.74, 6) is -0.879. The maximum absolute atomic E-state index is 12.8. The molecule has 0 saturated carbocycles. The first-order valence-corrected chi connectivity index (χ1v) is 9.21. The molecular formula is C22H16ClF3N2O2. The Balaban J connectivity index is 1.66. The molecule has 0 heterocycles. The van der Waals surface area contributed by atoms with E-state index in [-0.39, 0.29) is 23.6 Å². The number of alkyl halides is 3. The van der Waals surface area contributed by atoms with Gasteiger partial charge in [0, 0.05) is 22.0 Å². The smallest absolute Gasteiger partial charge is 0.326 e. The van der Waals surface area contributed by atoms with E-state index in [9.17, 15) is 22.8 Å². The first kappa shape index (κ1) is 21.4. The average molecular weight is 433 g/mol. The van der Waals surface area contributed by atoms with Gasteiger partial charge in [-0.2, -0.15) is 13.2 Å². The molecule has 0 aliphatic heterocycles. The lowest BCUT2D eigenvalue weighted by molar-refractivity contribution is -0.137. The number of rotatable bonds is 5. The molecule has 2 N–H and O–H groups in total. The molecule has 0 aliphatic rings. The van der Waals surface area contributed by atoms with Crippen LogP contribution < -0.4 is 10.6 Å². The van der Waals surface area contributed by atoms with Gasteiger partial charge >= 0.3 is 6.18 Å². The van der Waals surface area contributed by atoms with Gasteiger partial charge in [0.05, 0.1) is 12.0 Å². The molecule has 0 atom stereocenters. The fourth-order valence-electron chi connectivity index (χ4n) is 2.71. The third-order valence-electron chi connectivity index (χ3n) is 4.13. The van der Waals surface area contributed by atoms with Gasteiger partial charge in [-0.1, -0.05) is 35.9 Å². The summed E-state index contributed by atoms with van der Waals surface area (Å²) in [6.07, 6.45) is -4.38. The zero-order valence-corrected chi connectivity index (χ0v) is 16.2. The quantitative estimate of drug-likeness (QED) is 0.536. The third kappa shape index (κ3) is 5.84. The van der Waals surface area contributed by atoms with Crippen molar-refractivity contribution in [3.63, 3.8) is 0 Å². The molecule has 3 aromatic rings. The fourth-order valence-corrected chi connectivity index (χ4v) is 2.83. The van der Waals surface area contributed by atoms with Crippen LogP contribution in [0.1, 0.15) is 21.5 Å². The monoisotopic (exact) mass is 432 g/mol. The van der Waals surface area contributed by atoms with Crippen LogP contribution in [0.4, 0.5) is 24.5 Å². The Labute approximate surface area is 175 Å². The molecule has 0 aliphatic carbocycles. The van der Waals surface area contributed by atoms with Crippen LogP contribution in [0.3, 0.4) is 0 Å². The Morgan fingerprint density at radius 2 is 1.47 bits per heavy atom. The minimum Gasteiger partial charge on any atom is -0.326 e. The summed E-state index contributed by atoms with van der Waals surface area (Å²) < 4.78 is 38.5. The highest BCUT2D eigenvalue weighted by Crippen LogP contribution is 2.30. The number of carbonyl (C=O) groups is 2. The topological polar surface area (TPSA) is 58.2 Å². The Morgan fingerprint density at radius 3 is 2.13 bits per heavy atom. The summed E-state index contributed by atoms with van der Waals surface area (Å²) in [5, 5.41) is 5.69. The summed E-state index contributed by atoms with van der Waals surface area (Å²) in [6, 6.07) is 17.3. The van der Waals surface area contributed by atoms with Crippen molar-refractivity contribution in [1.82, 2.24) is 0 Å². The lowest BCUT2D eigenvalue weighted by Gasteiger charge is -2.11. The van der Waals surface area contributed by atoms with Crippen LogP contribution in [0.2, 0.25) is 5.02 Å². The van der Waals surface area contributed by atoms with Crippen LogP contribution in [0.15, 0.2) is 72.8 Å². The summed E-state index contributed by atoms with van der Waals surface area (Å²) in [5.41, 5.74) is 0.522. The minimum atomic E-state index is -4.50. The minimum absolute atomic E-state index is 0.0204. The average Bonchev–Trinajstić information content (AvgIpc) is 2.69. The zero-order chi connectivity index (χ0) is 21.7. The lowest BCUT2D eigenvalue weighted by Crippen LogP contribution is -2.16. The predicted octanol–water partition coefficient (Wildman–Crippen LogP) is 5.79.